The molecule has 1 saturated heterocycles. The smallest absolute Gasteiger partial charge is 0.410 e. The fourth-order valence-electron chi connectivity index (χ4n) is 6.85. The first-order chi connectivity index (χ1) is 27.2. The van der Waals surface area contributed by atoms with Crippen molar-refractivity contribution in [2.45, 2.75) is 71.4 Å². The zero-order valence-electron chi connectivity index (χ0n) is 32.7. The molecule has 0 aliphatic carbocycles. The molecule has 6 rings (SSSR count). The van der Waals surface area contributed by atoms with Crippen molar-refractivity contribution < 1.29 is 28.9 Å². The van der Waals surface area contributed by atoms with Crippen LogP contribution in [-0.4, -0.2) is 77.0 Å². The highest BCUT2D eigenvalue weighted by Gasteiger charge is 2.29. The molecule has 3 N–H and O–H groups in total. The standard InChI is InChI=1S/C43H46Cl3N5O6/c1-24(52)20-47-21-27-18-33(44)40-32(41(27)56-6)13-14-34(50-40)31-9-7-8-29(37(31)45)30-16-17-48-39(38(30)46)25-10-11-26(35(19-25)55-5)22-51(42(54)57-43(2,3)4)23-28-12-15-36(53)49-28/h7-11,13-14,16-19,24,28,47,52H,12,15,20-23H2,1-6H3,(H,49,53)/t24-,28-/m0/s1. The summed E-state index contributed by atoms with van der Waals surface area (Å²) < 4.78 is 17.3. The van der Waals surface area contributed by atoms with Crippen LogP contribution in [0.3, 0.4) is 0 Å². The summed E-state index contributed by atoms with van der Waals surface area (Å²) in [6, 6.07) is 18.5. The van der Waals surface area contributed by atoms with Gasteiger partial charge in [-0.1, -0.05) is 65.1 Å². The Morgan fingerprint density at radius 2 is 1.75 bits per heavy atom. The number of aliphatic hydroxyl groups excluding tert-OH is 1. The molecule has 0 saturated carbocycles. The molecule has 0 radical (unpaired) electrons. The SMILES string of the molecule is COc1cc(-c2nccc(-c3cccc(-c4ccc5c(OC)c(CNC[C@H](C)O)cc(Cl)c5n4)c3Cl)c2Cl)ccc1CN(C[C@@H]1CCC(=O)N1)C(=O)OC(C)(C)C. The molecule has 3 aromatic carbocycles. The van der Waals surface area contributed by atoms with Gasteiger partial charge in [0.2, 0.25) is 5.91 Å². The molecule has 0 unspecified atom stereocenters. The topological polar surface area (TPSA) is 135 Å². The maximum Gasteiger partial charge on any atom is 0.410 e. The van der Waals surface area contributed by atoms with Crippen LogP contribution in [0.2, 0.25) is 15.1 Å². The molecule has 57 heavy (non-hydrogen) atoms. The number of carbonyl (C=O) groups excluding carboxylic acids is 2. The summed E-state index contributed by atoms with van der Waals surface area (Å²) in [7, 11) is 3.17. The third-order valence-electron chi connectivity index (χ3n) is 9.47. The van der Waals surface area contributed by atoms with Gasteiger partial charge in [-0.25, -0.2) is 9.78 Å². The lowest BCUT2D eigenvalue weighted by atomic mass is 9.98. The second-order valence-electron chi connectivity index (χ2n) is 15.0. The van der Waals surface area contributed by atoms with Crippen LogP contribution in [0.1, 0.15) is 51.7 Å². The Hall–Kier alpha value is -4.65. The van der Waals surface area contributed by atoms with Crippen molar-refractivity contribution >= 4 is 57.7 Å². The number of hydrogen-bond acceptors (Lipinski definition) is 9. The average molecular weight is 835 g/mol. The highest BCUT2D eigenvalue weighted by Crippen LogP contribution is 2.43. The number of pyridine rings is 2. The number of ether oxygens (including phenoxy) is 3. The van der Waals surface area contributed by atoms with Crippen molar-refractivity contribution in [3.8, 4) is 45.1 Å². The van der Waals surface area contributed by atoms with E-state index in [1.807, 2.05) is 81.4 Å². The molecular weight excluding hydrogens is 789 g/mol. The molecule has 1 fully saturated rings. The van der Waals surface area contributed by atoms with Crippen LogP contribution in [-0.2, 0) is 22.6 Å². The third-order valence-corrected chi connectivity index (χ3v) is 10.5. The lowest BCUT2D eigenvalue weighted by Crippen LogP contribution is -2.43. The summed E-state index contributed by atoms with van der Waals surface area (Å²) in [5.41, 5.74) is 5.30. The minimum atomic E-state index is -0.699. The summed E-state index contributed by atoms with van der Waals surface area (Å²) in [5, 5.41) is 17.9. The molecule has 5 aromatic rings. The zero-order valence-corrected chi connectivity index (χ0v) is 35.0. The number of carbonyl (C=O) groups is 2. The Bertz CT molecular complexity index is 2300. The van der Waals surface area contributed by atoms with E-state index in [-0.39, 0.29) is 18.5 Å². The van der Waals surface area contributed by atoms with Crippen LogP contribution in [0.15, 0.2) is 66.9 Å². The number of hydrogen-bond donors (Lipinski definition) is 3. The van der Waals surface area contributed by atoms with E-state index in [1.54, 1.807) is 32.2 Å². The number of methoxy groups -OCH3 is 2. The third kappa shape index (κ3) is 9.73. The highest BCUT2D eigenvalue weighted by atomic mass is 35.5. The molecule has 14 heteroatoms. The van der Waals surface area contributed by atoms with Crippen molar-refractivity contribution in [2.24, 2.45) is 0 Å². The molecular formula is C43H46Cl3N5O6. The van der Waals surface area contributed by atoms with Gasteiger partial charge in [0.1, 0.15) is 17.1 Å². The molecule has 2 atom stereocenters. The number of nitrogens with zero attached hydrogens (tertiary/aromatic N) is 3. The van der Waals surface area contributed by atoms with Crippen LogP contribution < -0.4 is 20.1 Å². The van der Waals surface area contributed by atoms with Gasteiger partial charge in [0.25, 0.3) is 0 Å². The Labute approximate surface area is 347 Å². The average Bonchev–Trinajstić information content (AvgIpc) is 3.58. The van der Waals surface area contributed by atoms with Gasteiger partial charge in [0.15, 0.2) is 0 Å². The Morgan fingerprint density at radius 1 is 1.00 bits per heavy atom. The Morgan fingerprint density at radius 3 is 2.44 bits per heavy atom. The monoisotopic (exact) mass is 833 g/mol. The Kier molecular flexibility index (Phi) is 13.2. The number of fused-ring (bicyclic) bond motifs is 1. The largest absolute Gasteiger partial charge is 0.496 e. The van der Waals surface area contributed by atoms with Crippen LogP contribution >= 0.6 is 34.8 Å². The normalized spacial score (nSPS) is 14.7. The van der Waals surface area contributed by atoms with Gasteiger partial charge in [0, 0.05) is 77.1 Å². The number of aromatic nitrogens is 2. The van der Waals surface area contributed by atoms with Crippen LogP contribution in [0.4, 0.5) is 4.79 Å². The summed E-state index contributed by atoms with van der Waals surface area (Å²) in [6.45, 7) is 8.53. The van der Waals surface area contributed by atoms with Crippen molar-refractivity contribution in [1.82, 2.24) is 25.5 Å². The van der Waals surface area contributed by atoms with E-state index >= 15 is 0 Å². The van der Waals surface area contributed by atoms with Gasteiger partial charge in [0.05, 0.1) is 58.8 Å². The molecule has 3 heterocycles. The number of amides is 2. The maximum atomic E-state index is 13.3. The highest BCUT2D eigenvalue weighted by molar-refractivity contribution is 6.39. The zero-order chi connectivity index (χ0) is 41.0. The number of benzene rings is 3. The van der Waals surface area contributed by atoms with E-state index in [0.29, 0.717) is 98.2 Å². The first-order valence-electron chi connectivity index (χ1n) is 18.6. The minimum Gasteiger partial charge on any atom is -0.496 e. The quantitative estimate of drug-likeness (QED) is 0.106. The first kappa shape index (κ1) is 42.0. The lowest BCUT2D eigenvalue weighted by Gasteiger charge is -2.29. The summed E-state index contributed by atoms with van der Waals surface area (Å²) >= 11 is 21.1. The molecule has 2 amide bonds. The number of halogens is 3. The Balaban J connectivity index is 1.30. The fraction of sp³-hybridized carbons (Fsp3) is 0.349. The summed E-state index contributed by atoms with van der Waals surface area (Å²) in [6.07, 6.45) is 1.75. The number of rotatable bonds is 13. The maximum absolute atomic E-state index is 13.3. The van der Waals surface area contributed by atoms with E-state index in [2.05, 4.69) is 15.6 Å². The first-order valence-corrected chi connectivity index (χ1v) is 19.7. The van der Waals surface area contributed by atoms with E-state index < -0.39 is 17.8 Å². The summed E-state index contributed by atoms with van der Waals surface area (Å²) in [5.74, 6) is 1.14. The van der Waals surface area contributed by atoms with Crippen molar-refractivity contribution in [3.05, 3.63) is 93.1 Å². The van der Waals surface area contributed by atoms with E-state index in [0.717, 1.165) is 16.5 Å². The minimum absolute atomic E-state index is 0.0320. The van der Waals surface area contributed by atoms with E-state index in [1.165, 1.54) is 0 Å². The van der Waals surface area contributed by atoms with Crippen molar-refractivity contribution in [1.29, 1.82) is 0 Å². The van der Waals surface area contributed by atoms with Gasteiger partial charge in [-0.05, 0) is 64.4 Å². The molecule has 1 aliphatic rings. The second-order valence-corrected chi connectivity index (χ2v) is 16.2. The number of aliphatic hydroxyl groups is 1. The molecule has 300 valence electrons. The van der Waals surface area contributed by atoms with Gasteiger partial charge >= 0.3 is 6.09 Å². The predicted octanol–water partition coefficient (Wildman–Crippen LogP) is 9.09. The van der Waals surface area contributed by atoms with Gasteiger partial charge < -0.3 is 34.9 Å². The molecule has 0 spiro atoms. The summed E-state index contributed by atoms with van der Waals surface area (Å²) in [4.78, 5) is 36.4. The van der Waals surface area contributed by atoms with Crippen molar-refractivity contribution in [3.63, 3.8) is 0 Å². The van der Waals surface area contributed by atoms with Crippen molar-refractivity contribution in [2.75, 3.05) is 27.3 Å². The lowest BCUT2D eigenvalue weighted by molar-refractivity contribution is -0.119. The molecule has 11 nitrogen and oxygen atoms in total. The van der Waals surface area contributed by atoms with E-state index in [4.69, 9.17) is 54.0 Å². The van der Waals surface area contributed by atoms with Gasteiger partial charge in [-0.15, -0.1) is 0 Å². The van der Waals surface area contributed by atoms with Crippen LogP contribution in [0.5, 0.6) is 11.5 Å². The fourth-order valence-corrected chi connectivity index (χ4v) is 7.77. The van der Waals surface area contributed by atoms with E-state index in [9.17, 15) is 14.7 Å². The van der Waals surface area contributed by atoms with Crippen LogP contribution in [0.25, 0.3) is 44.5 Å². The van der Waals surface area contributed by atoms with Gasteiger partial charge in [-0.3, -0.25) is 9.78 Å². The number of nitrogens with one attached hydrogen (secondary N) is 2. The van der Waals surface area contributed by atoms with Gasteiger partial charge in [-0.2, -0.15) is 0 Å². The second kappa shape index (κ2) is 17.9. The molecule has 0 bridgehead atoms. The van der Waals surface area contributed by atoms with Crippen LogP contribution in [0, 0.1) is 0 Å². The molecule has 2 aromatic heterocycles. The molecule has 1 aliphatic heterocycles. The predicted molar refractivity (Wildman–Crippen MR) is 225 cm³/mol.